The molecule has 4 rings (SSSR count). The maximum Gasteiger partial charge on any atom is 0.241 e. The van der Waals surface area contributed by atoms with E-state index in [0.29, 0.717) is 4.90 Å². The van der Waals surface area contributed by atoms with Crippen LogP contribution in [0.3, 0.4) is 0 Å². The molecule has 0 bridgehead atoms. The summed E-state index contributed by atoms with van der Waals surface area (Å²) in [4.78, 5) is 2.49. The van der Waals surface area contributed by atoms with Gasteiger partial charge in [0.15, 0.2) is 5.82 Å². The van der Waals surface area contributed by atoms with E-state index in [1.165, 1.54) is 11.7 Å². The van der Waals surface area contributed by atoms with Gasteiger partial charge in [0.25, 0.3) is 0 Å². The Hall–Kier alpha value is -2.03. The number of sulfonamides is 1. The second kappa shape index (κ2) is 6.70. The number of hydrogen-bond acceptors (Lipinski definition) is 6. The normalized spacial score (nSPS) is 16.4. The summed E-state index contributed by atoms with van der Waals surface area (Å²) >= 11 is 1.19. The predicted molar refractivity (Wildman–Crippen MR) is 99.4 cm³/mol. The fourth-order valence-corrected chi connectivity index (χ4v) is 5.21. The first-order valence-corrected chi connectivity index (χ1v) is 10.4. The molecule has 1 aliphatic rings. The average molecular weight is 374 g/mol. The van der Waals surface area contributed by atoms with Crippen molar-refractivity contribution in [2.45, 2.75) is 23.8 Å². The second-order valence-corrected chi connectivity index (χ2v) is 8.36. The van der Waals surface area contributed by atoms with Gasteiger partial charge < -0.3 is 4.90 Å². The highest BCUT2D eigenvalue weighted by Gasteiger charge is 2.26. The highest BCUT2D eigenvalue weighted by molar-refractivity contribution is 7.89. The van der Waals surface area contributed by atoms with Crippen LogP contribution in [0.1, 0.15) is 12.8 Å². The number of piperidine rings is 1. The van der Waals surface area contributed by atoms with Crippen LogP contribution in [0.25, 0.3) is 10.8 Å². The van der Waals surface area contributed by atoms with Crippen LogP contribution in [-0.2, 0) is 10.0 Å². The summed E-state index contributed by atoms with van der Waals surface area (Å²) in [6.07, 6.45) is 3.26. The van der Waals surface area contributed by atoms with E-state index in [4.69, 9.17) is 0 Å². The number of hydrogen-bond donors (Lipinski definition) is 1. The summed E-state index contributed by atoms with van der Waals surface area (Å²) in [7, 11) is -3.55. The number of rotatable bonds is 4. The minimum Gasteiger partial charge on any atom is -0.354 e. The van der Waals surface area contributed by atoms with E-state index < -0.39 is 10.0 Å². The maximum absolute atomic E-state index is 12.9. The molecular weight excluding hydrogens is 356 g/mol. The summed E-state index contributed by atoms with van der Waals surface area (Å²) in [6.45, 7) is 1.54. The van der Waals surface area contributed by atoms with E-state index >= 15 is 0 Å². The lowest BCUT2D eigenvalue weighted by molar-refractivity contribution is 0.459. The largest absolute Gasteiger partial charge is 0.354 e. The third-order valence-electron chi connectivity index (χ3n) is 4.53. The zero-order valence-corrected chi connectivity index (χ0v) is 15.1. The molecule has 1 saturated heterocycles. The minimum absolute atomic E-state index is 0.0631. The van der Waals surface area contributed by atoms with Gasteiger partial charge in [-0.25, -0.2) is 13.1 Å². The smallest absolute Gasteiger partial charge is 0.241 e. The topological polar surface area (TPSA) is 75.2 Å². The van der Waals surface area contributed by atoms with Crippen molar-refractivity contribution in [2.75, 3.05) is 18.0 Å². The molecule has 0 atom stereocenters. The highest BCUT2D eigenvalue weighted by atomic mass is 32.2. The van der Waals surface area contributed by atoms with Crippen molar-refractivity contribution in [3.63, 3.8) is 0 Å². The van der Waals surface area contributed by atoms with E-state index in [0.717, 1.165) is 42.5 Å². The standard InChI is InChI=1S/C17H18N4O2S2/c22-25(23,16-7-3-5-13-4-1-2-6-15(13)16)20-14-8-10-21(11-9-14)17-12-18-24-19-17/h1-7,12,14,20H,8-11H2. The third-order valence-corrected chi connectivity index (χ3v) is 6.58. The van der Waals surface area contributed by atoms with Gasteiger partial charge in [-0.2, -0.15) is 8.75 Å². The Morgan fingerprint density at radius 2 is 1.84 bits per heavy atom. The maximum atomic E-state index is 12.9. The molecule has 3 aromatic rings. The van der Waals surface area contributed by atoms with E-state index in [2.05, 4.69) is 18.4 Å². The molecule has 0 spiro atoms. The molecule has 0 saturated carbocycles. The zero-order valence-electron chi connectivity index (χ0n) is 13.5. The van der Waals surface area contributed by atoms with Crippen LogP contribution >= 0.6 is 11.7 Å². The number of fused-ring (bicyclic) bond motifs is 1. The Bertz CT molecular complexity index is 960. The Labute approximate surface area is 150 Å². The van der Waals surface area contributed by atoms with Crippen molar-refractivity contribution < 1.29 is 8.42 Å². The molecule has 25 heavy (non-hydrogen) atoms. The van der Waals surface area contributed by atoms with Crippen LogP contribution in [0.2, 0.25) is 0 Å². The first kappa shape index (κ1) is 16.4. The molecule has 0 unspecified atom stereocenters. The molecule has 0 amide bonds. The van der Waals surface area contributed by atoms with Crippen LogP contribution in [0.4, 0.5) is 5.82 Å². The van der Waals surface area contributed by atoms with Crippen molar-refractivity contribution in [2.24, 2.45) is 0 Å². The first-order chi connectivity index (χ1) is 12.1. The fraction of sp³-hybridized carbons (Fsp3) is 0.294. The fourth-order valence-electron chi connectivity index (χ4n) is 3.24. The van der Waals surface area contributed by atoms with Gasteiger partial charge >= 0.3 is 0 Å². The monoisotopic (exact) mass is 374 g/mol. The molecule has 8 heteroatoms. The number of nitrogens with one attached hydrogen (secondary N) is 1. The summed E-state index contributed by atoms with van der Waals surface area (Å²) < 4.78 is 36.9. The molecule has 1 aromatic heterocycles. The quantitative estimate of drug-likeness (QED) is 0.760. The Balaban J connectivity index is 1.50. The van der Waals surface area contributed by atoms with Crippen LogP contribution in [0.15, 0.2) is 53.6 Å². The van der Waals surface area contributed by atoms with Crippen molar-refractivity contribution in [1.82, 2.24) is 13.5 Å². The lowest BCUT2D eigenvalue weighted by atomic mass is 10.1. The lowest BCUT2D eigenvalue weighted by Crippen LogP contribution is -2.44. The van der Waals surface area contributed by atoms with Gasteiger partial charge in [0.05, 0.1) is 22.8 Å². The molecular formula is C17H18N4O2S2. The van der Waals surface area contributed by atoms with Crippen LogP contribution in [-0.4, -0.2) is 36.3 Å². The number of anilines is 1. The SMILES string of the molecule is O=S(=O)(NC1CCN(c2cnsn2)CC1)c1cccc2ccccc12. The summed E-state index contributed by atoms with van der Waals surface area (Å²) in [5, 5.41) is 1.68. The molecule has 2 heterocycles. The van der Waals surface area contributed by atoms with Crippen molar-refractivity contribution in [3.05, 3.63) is 48.7 Å². The second-order valence-electron chi connectivity index (χ2n) is 6.13. The summed E-state index contributed by atoms with van der Waals surface area (Å²) in [5.41, 5.74) is 0. The Kier molecular flexibility index (Phi) is 4.41. The van der Waals surface area contributed by atoms with Gasteiger partial charge in [-0.1, -0.05) is 36.4 Å². The van der Waals surface area contributed by atoms with E-state index in [1.807, 2.05) is 30.3 Å². The molecule has 130 valence electrons. The van der Waals surface area contributed by atoms with Crippen molar-refractivity contribution >= 4 is 38.3 Å². The molecule has 2 aromatic carbocycles. The minimum atomic E-state index is -3.55. The van der Waals surface area contributed by atoms with E-state index in [9.17, 15) is 8.42 Å². The van der Waals surface area contributed by atoms with Gasteiger partial charge in [-0.15, -0.1) is 0 Å². The van der Waals surface area contributed by atoms with E-state index in [-0.39, 0.29) is 6.04 Å². The Morgan fingerprint density at radius 1 is 1.08 bits per heavy atom. The van der Waals surface area contributed by atoms with Crippen molar-refractivity contribution in [1.29, 1.82) is 0 Å². The van der Waals surface area contributed by atoms with Gasteiger partial charge in [0.1, 0.15) is 0 Å². The summed E-state index contributed by atoms with van der Waals surface area (Å²) in [5.74, 6) is 0.875. The van der Waals surface area contributed by atoms with Crippen LogP contribution in [0.5, 0.6) is 0 Å². The van der Waals surface area contributed by atoms with Crippen molar-refractivity contribution in [3.8, 4) is 0 Å². The molecule has 0 radical (unpaired) electrons. The van der Waals surface area contributed by atoms with Gasteiger partial charge in [-0.3, -0.25) is 0 Å². The van der Waals surface area contributed by atoms with E-state index in [1.54, 1.807) is 18.3 Å². The zero-order chi connectivity index (χ0) is 17.3. The molecule has 0 aliphatic carbocycles. The highest BCUT2D eigenvalue weighted by Crippen LogP contribution is 2.24. The average Bonchev–Trinajstić information content (AvgIpc) is 3.16. The van der Waals surface area contributed by atoms with Gasteiger partial charge in [0, 0.05) is 24.5 Å². The molecule has 6 nitrogen and oxygen atoms in total. The van der Waals surface area contributed by atoms with Crippen LogP contribution in [0, 0.1) is 0 Å². The first-order valence-electron chi connectivity index (χ1n) is 8.16. The lowest BCUT2D eigenvalue weighted by Gasteiger charge is -2.32. The number of nitrogens with zero attached hydrogens (tertiary/aromatic N) is 3. The van der Waals surface area contributed by atoms with Gasteiger partial charge in [0.2, 0.25) is 10.0 Å². The Morgan fingerprint density at radius 3 is 2.60 bits per heavy atom. The molecule has 1 fully saturated rings. The van der Waals surface area contributed by atoms with Gasteiger partial charge in [-0.05, 0) is 24.3 Å². The molecule has 1 aliphatic heterocycles. The third kappa shape index (κ3) is 3.37. The number of aromatic nitrogens is 2. The molecule has 1 N–H and O–H groups in total. The summed E-state index contributed by atoms with van der Waals surface area (Å²) in [6, 6.07) is 12.9. The predicted octanol–water partition coefficient (Wildman–Crippen LogP) is 2.64. The number of benzene rings is 2. The van der Waals surface area contributed by atoms with Crippen LogP contribution < -0.4 is 9.62 Å².